The fourth-order valence-electron chi connectivity index (χ4n) is 9.54. The van der Waals surface area contributed by atoms with Crippen LogP contribution < -0.4 is 15.4 Å². The Morgan fingerprint density at radius 2 is 1.80 bits per heavy atom. The molecule has 2 bridgehead atoms. The Bertz CT molecular complexity index is 2100. The number of pyridine rings is 1. The van der Waals surface area contributed by atoms with Gasteiger partial charge in [0.1, 0.15) is 41.2 Å². The van der Waals surface area contributed by atoms with E-state index < -0.39 is 105 Å². The summed E-state index contributed by atoms with van der Waals surface area (Å²) in [6.07, 6.45) is -6.61. The molecule has 4 fully saturated rings. The lowest BCUT2D eigenvalue weighted by atomic mass is 9.90. The Balaban J connectivity index is 1.32. The lowest BCUT2D eigenvalue weighted by Gasteiger charge is -2.52. The van der Waals surface area contributed by atoms with E-state index >= 15 is 13.2 Å². The number of nitrogens with zero attached hydrogens (tertiary/aromatic N) is 6. The molecule has 18 heteroatoms. The number of fused-ring (bicyclic) bond motifs is 6. The van der Waals surface area contributed by atoms with Crippen LogP contribution >= 0.6 is 0 Å². The molecule has 7 heterocycles. The SMILES string of the molecule is Cc1c(F)c(N)cc(-c2nc3c4c(nc(OC[C@@]56CCCN5C[C@H](F)C6)nc4c2F)N2C[C@@]4(F)CC[C@@](F)([C@H]2CCC3)N4C(=O)OC(C)(C)C)c1C(F)(F)F. The maximum Gasteiger partial charge on any atom is 0.417 e. The number of hydrogen-bond donors (Lipinski definition) is 1. The molecular weight excluding hydrogens is 742 g/mol. The van der Waals surface area contributed by atoms with Crippen LogP contribution in [-0.2, 0) is 17.3 Å². The molecule has 5 aliphatic heterocycles. The van der Waals surface area contributed by atoms with E-state index in [0.29, 0.717) is 23.9 Å². The number of halogens is 8. The van der Waals surface area contributed by atoms with E-state index in [0.717, 1.165) is 13.3 Å². The van der Waals surface area contributed by atoms with Gasteiger partial charge in [0, 0.05) is 31.4 Å². The Labute approximate surface area is 311 Å². The summed E-state index contributed by atoms with van der Waals surface area (Å²) < 4.78 is 136. The summed E-state index contributed by atoms with van der Waals surface area (Å²) in [5.41, 5.74) is -1.17. The van der Waals surface area contributed by atoms with Gasteiger partial charge in [-0.25, -0.2) is 36.6 Å². The molecule has 1 amide bonds. The number of nitrogen functional groups attached to an aromatic ring is 1. The second kappa shape index (κ2) is 12.4. The number of piperazine rings is 1. The zero-order chi connectivity index (χ0) is 39.6. The second-order valence-electron chi connectivity index (χ2n) is 16.6. The quantitative estimate of drug-likeness (QED) is 0.162. The van der Waals surface area contributed by atoms with Gasteiger partial charge in [0.25, 0.3) is 0 Å². The Kier molecular flexibility index (Phi) is 8.49. The van der Waals surface area contributed by atoms with Crippen molar-refractivity contribution in [3.8, 4) is 17.3 Å². The number of amides is 1. The topological polar surface area (TPSA) is 110 Å². The molecule has 2 aromatic heterocycles. The van der Waals surface area contributed by atoms with Crippen LogP contribution in [-0.4, -0.2) is 92.0 Å². The van der Waals surface area contributed by atoms with Crippen LogP contribution in [0, 0.1) is 18.6 Å². The third-order valence-electron chi connectivity index (χ3n) is 11.8. The molecule has 3 aromatic rings. The molecule has 0 saturated carbocycles. The number of ether oxygens (including phenoxy) is 2. The highest BCUT2D eigenvalue weighted by molar-refractivity contribution is 5.95. The molecule has 8 rings (SSSR count). The minimum absolute atomic E-state index is 0.00619. The molecule has 0 aliphatic carbocycles. The number of carbonyl (C=O) groups is 1. The maximum absolute atomic E-state index is 17.5. The van der Waals surface area contributed by atoms with Gasteiger partial charge < -0.3 is 20.1 Å². The predicted octanol–water partition coefficient (Wildman–Crippen LogP) is 7.72. The molecule has 298 valence electrons. The Hall–Kier alpha value is -4.22. The van der Waals surface area contributed by atoms with Crippen molar-refractivity contribution in [2.45, 2.75) is 120 Å². The summed E-state index contributed by atoms with van der Waals surface area (Å²) in [5, 5.41) is -0.110. The molecule has 0 unspecified atom stereocenters. The van der Waals surface area contributed by atoms with Crippen LogP contribution in [0.2, 0.25) is 0 Å². The average Bonchev–Trinajstić information content (AvgIpc) is 3.67. The molecule has 5 atom stereocenters. The van der Waals surface area contributed by atoms with Crippen LogP contribution in [0.5, 0.6) is 6.01 Å². The van der Waals surface area contributed by atoms with Crippen LogP contribution in [0.25, 0.3) is 22.2 Å². The van der Waals surface area contributed by atoms with Gasteiger partial charge in [0.15, 0.2) is 5.82 Å². The molecule has 10 nitrogen and oxygen atoms in total. The number of anilines is 2. The molecule has 2 N–H and O–H groups in total. The van der Waals surface area contributed by atoms with E-state index in [1.807, 2.05) is 4.90 Å². The Morgan fingerprint density at radius 3 is 2.51 bits per heavy atom. The van der Waals surface area contributed by atoms with Crippen molar-refractivity contribution in [1.29, 1.82) is 0 Å². The van der Waals surface area contributed by atoms with Gasteiger partial charge in [0.2, 0.25) is 11.6 Å². The monoisotopic (exact) mass is 783 g/mol. The molecule has 4 saturated heterocycles. The smallest absolute Gasteiger partial charge is 0.417 e. The van der Waals surface area contributed by atoms with Gasteiger partial charge in [0.05, 0.1) is 40.5 Å². The highest BCUT2D eigenvalue weighted by Gasteiger charge is 2.69. The average molecular weight is 784 g/mol. The van der Waals surface area contributed by atoms with Crippen molar-refractivity contribution in [2.75, 3.05) is 36.9 Å². The van der Waals surface area contributed by atoms with E-state index in [1.54, 1.807) is 20.8 Å². The zero-order valence-electron chi connectivity index (χ0n) is 30.7. The minimum Gasteiger partial charge on any atom is -0.461 e. The summed E-state index contributed by atoms with van der Waals surface area (Å²) in [5.74, 6) is -8.07. The molecule has 0 radical (unpaired) electrons. The number of nitrogens with two attached hydrogens (primary N) is 1. The summed E-state index contributed by atoms with van der Waals surface area (Å²) in [6.45, 7) is 5.68. The first-order valence-corrected chi connectivity index (χ1v) is 18.4. The van der Waals surface area contributed by atoms with Gasteiger partial charge in [-0.1, -0.05) is 0 Å². The van der Waals surface area contributed by atoms with Crippen LogP contribution in [0.1, 0.15) is 82.5 Å². The largest absolute Gasteiger partial charge is 0.461 e. The molecule has 0 spiro atoms. The first kappa shape index (κ1) is 37.7. The summed E-state index contributed by atoms with van der Waals surface area (Å²) in [7, 11) is 0. The van der Waals surface area contributed by atoms with Gasteiger partial charge in [-0.2, -0.15) is 23.1 Å². The fourth-order valence-corrected chi connectivity index (χ4v) is 9.54. The lowest BCUT2D eigenvalue weighted by molar-refractivity contribution is -0.137. The summed E-state index contributed by atoms with van der Waals surface area (Å²) >= 11 is 0. The second-order valence-corrected chi connectivity index (χ2v) is 16.6. The number of alkyl halides is 6. The summed E-state index contributed by atoms with van der Waals surface area (Å²) in [4.78, 5) is 30.5. The normalized spacial score (nSPS) is 29.3. The third-order valence-corrected chi connectivity index (χ3v) is 11.8. The van der Waals surface area contributed by atoms with Gasteiger partial charge in [-0.15, -0.1) is 0 Å². The van der Waals surface area contributed by atoms with E-state index in [-0.39, 0.29) is 68.6 Å². The molecule has 5 aliphatic rings. The van der Waals surface area contributed by atoms with Crippen molar-refractivity contribution in [3.05, 3.63) is 34.5 Å². The number of aryl methyl sites for hydroxylation is 1. The molecular formula is C37H41F8N7O3. The zero-order valence-corrected chi connectivity index (χ0v) is 30.7. The molecule has 55 heavy (non-hydrogen) atoms. The van der Waals surface area contributed by atoms with Crippen molar-refractivity contribution >= 4 is 28.5 Å². The highest BCUT2D eigenvalue weighted by Crippen LogP contribution is 2.55. The lowest BCUT2D eigenvalue weighted by Crippen LogP contribution is -2.71. The fraction of sp³-hybridized carbons (Fsp3) is 0.622. The summed E-state index contributed by atoms with van der Waals surface area (Å²) in [6, 6.07) is -1.01. The minimum atomic E-state index is -5.15. The van der Waals surface area contributed by atoms with Crippen molar-refractivity contribution < 1.29 is 49.4 Å². The first-order chi connectivity index (χ1) is 25.7. The van der Waals surface area contributed by atoms with E-state index in [9.17, 15) is 26.7 Å². The van der Waals surface area contributed by atoms with E-state index in [4.69, 9.17) is 15.2 Å². The van der Waals surface area contributed by atoms with Crippen LogP contribution in [0.3, 0.4) is 0 Å². The molecule has 1 aromatic carbocycles. The number of rotatable bonds is 4. The number of carbonyl (C=O) groups excluding carboxylic acids is 1. The van der Waals surface area contributed by atoms with Crippen molar-refractivity contribution in [2.24, 2.45) is 0 Å². The maximum atomic E-state index is 17.5. The number of aromatic nitrogens is 3. The van der Waals surface area contributed by atoms with Crippen LogP contribution in [0.4, 0.5) is 51.4 Å². The third kappa shape index (κ3) is 5.90. The van der Waals surface area contributed by atoms with Crippen molar-refractivity contribution in [1.82, 2.24) is 24.8 Å². The van der Waals surface area contributed by atoms with E-state index in [1.165, 1.54) is 4.90 Å². The predicted molar refractivity (Wildman–Crippen MR) is 184 cm³/mol. The van der Waals surface area contributed by atoms with Gasteiger partial charge >= 0.3 is 18.3 Å². The van der Waals surface area contributed by atoms with Gasteiger partial charge in [-0.05, 0) is 78.0 Å². The van der Waals surface area contributed by atoms with Crippen LogP contribution in [0.15, 0.2) is 6.07 Å². The van der Waals surface area contributed by atoms with Gasteiger partial charge in [-0.3, -0.25) is 4.90 Å². The highest BCUT2D eigenvalue weighted by atomic mass is 19.4. The Morgan fingerprint density at radius 1 is 1.05 bits per heavy atom. The standard InChI is InChI=1S/C37H41F8N7O3/c1-18-25(37(43,44)45)20(13-21(46)26(18)39)28-27(40)29-24-22(47-28)7-5-8-23-36(42)11-10-35(41,52(36)32(53)55-33(2,3)4)16-51(23)30(24)49-31(48-29)54-17-34-9-6-12-50(34)15-19(38)14-34/h13,19,23H,5-12,14-17,46H2,1-4H3/t19-,23-,34+,35-,36+/m1/s1. The number of benzene rings is 1. The first-order valence-electron chi connectivity index (χ1n) is 18.4. The van der Waals surface area contributed by atoms with Crippen molar-refractivity contribution in [3.63, 3.8) is 0 Å². The van der Waals surface area contributed by atoms with E-state index in [2.05, 4.69) is 15.0 Å². The number of hydrogen-bond acceptors (Lipinski definition) is 9.